The zero-order valence-electron chi connectivity index (χ0n) is 7.28. The van der Waals surface area contributed by atoms with Gasteiger partial charge in [-0.25, -0.2) is 9.37 Å². The summed E-state index contributed by atoms with van der Waals surface area (Å²) in [6.07, 6.45) is 1.41. The van der Waals surface area contributed by atoms with Crippen molar-refractivity contribution in [1.29, 1.82) is 0 Å². The first-order chi connectivity index (χ1) is 6.66. The van der Waals surface area contributed by atoms with Crippen molar-refractivity contribution in [2.75, 3.05) is 11.4 Å². The van der Waals surface area contributed by atoms with Crippen molar-refractivity contribution >= 4 is 23.3 Å². The summed E-state index contributed by atoms with van der Waals surface area (Å²) < 4.78 is 12.6. The van der Waals surface area contributed by atoms with E-state index < -0.39 is 5.82 Å². The van der Waals surface area contributed by atoms with Gasteiger partial charge in [0.1, 0.15) is 11.6 Å². The highest BCUT2D eigenvalue weighted by atomic mass is 35.5. The number of carbonyl (C=O) groups is 1. The summed E-state index contributed by atoms with van der Waals surface area (Å²) >= 11 is 5.82. The van der Waals surface area contributed by atoms with E-state index >= 15 is 0 Å². The lowest BCUT2D eigenvalue weighted by Gasteiger charge is -2.13. The molecule has 1 fully saturated rings. The molecule has 3 nitrogen and oxygen atoms in total. The lowest BCUT2D eigenvalue weighted by atomic mass is 10.4. The predicted octanol–water partition coefficient (Wildman–Crippen LogP) is 1.56. The molecule has 1 saturated heterocycles. The number of amides is 1. The topological polar surface area (TPSA) is 33.2 Å². The lowest BCUT2D eigenvalue weighted by Crippen LogP contribution is -2.25. The smallest absolute Gasteiger partial charge is 0.229 e. The number of pyridine rings is 1. The third-order valence-electron chi connectivity index (χ3n) is 2.07. The summed E-state index contributed by atoms with van der Waals surface area (Å²) in [5.41, 5.74) is 0. The Balaban J connectivity index is 2.23. The van der Waals surface area contributed by atoms with Gasteiger partial charge < -0.3 is 0 Å². The van der Waals surface area contributed by atoms with Crippen molar-refractivity contribution in [3.05, 3.63) is 24.1 Å². The zero-order valence-corrected chi connectivity index (χ0v) is 8.04. The predicted molar refractivity (Wildman–Crippen MR) is 50.8 cm³/mol. The minimum atomic E-state index is -0.414. The fourth-order valence-corrected chi connectivity index (χ4v) is 1.68. The summed E-state index contributed by atoms with van der Waals surface area (Å²) in [5, 5.41) is -0.172. The number of rotatable bonds is 1. The molecule has 1 atom stereocenters. The number of hydrogen-bond acceptors (Lipinski definition) is 2. The second-order valence-corrected chi connectivity index (χ2v) is 3.76. The number of anilines is 1. The van der Waals surface area contributed by atoms with Crippen LogP contribution in [0.1, 0.15) is 6.42 Å². The van der Waals surface area contributed by atoms with Crippen LogP contribution in [-0.4, -0.2) is 22.8 Å². The number of alkyl halides is 1. The molecule has 0 bridgehead atoms. The first-order valence-corrected chi connectivity index (χ1v) is 4.66. The summed E-state index contributed by atoms with van der Waals surface area (Å²) in [6.45, 7) is 0.443. The third kappa shape index (κ3) is 1.70. The molecule has 0 aliphatic carbocycles. The van der Waals surface area contributed by atoms with Gasteiger partial charge in [-0.2, -0.15) is 0 Å². The molecule has 1 amide bonds. The highest BCUT2D eigenvalue weighted by molar-refractivity contribution is 6.24. The van der Waals surface area contributed by atoms with E-state index in [-0.39, 0.29) is 11.3 Å². The van der Waals surface area contributed by atoms with E-state index in [1.54, 1.807) is 0 Å². The molecule has 0 spiro atoms. The summed E-state index contributed by atoms with van der Waals surface area (Å²) in [6, 6.07) is 2.75. The summed E-state index contributed by atoms with van der Waals surface area (Å²) in [7, 11) is 0. The van der Waals surface area contributed by atoms with Crippen LogP contribution in [-0.2, 0) is 4.79 Å². The van der Waals surface area contributed by atoms with Gasteiger partial charge in [0.2, 0.25) is 5.91 Å². The number of halogens is 2. The van der Waals surface area contributed by atoms with Gasteiger partial charge in [0.05, 0.1) is 11.6 Å². The molecule has 1 unspecified atom stereocenters. The van der Waals surface area contributed by atoms with Crippen molar-refractivity contribution in [2.45, 2.75) is 11.8 Å². The van der Waals surface area contributed by atoms with Gasteiger partial charge in [0.15, 0.2) is 0 Å². The molecule has 1 aromatic rings. The molecule has 5 heteroatoms. The van der Waals surface area contributed by atoms with Crippen molar-refractivity contribution in [3.8, 4) is 0 Å². The first kappa shape index (κ1) is 9.40. The molecular formula is C9H8ClFN2O. The minimum Gasteiger partial charge on any atom is -0.295 e. The molecule has 2 heterocycles. The van der Waals surface area contributed by atoms with Crippen molar-refractivity contribution in [2.24, 2.45) is 0 Å². The number of aromatic nitrogens is 1. The fourth-order valence-electron chi connectivity index (χ4n) is 1.41. The SMILES string of the molecule is O=C1CC(Cl)CN1c1ccc(F)cn1. The third-order valence-corrected chi connectivity index (χ3v) is 2.36. The largest absolute Gasteiger partial charge is 0.295 e. The first-order valence-electron chi connectivity index (χ1n) is 4.23. The molecule has 0 aromatic carbocycles. The normalized spacial score (nSPS) is 21.7. The molecule has 0 radical (unpaired) electrons. The Labute approximate surface area is 85.5 Å². The van der Waals surface area contributed by atoms with Gasteiger partial charge in [-0.3, -0.25) is 9.69 Å². The molecule has 14 heavy (non-hydrogen) atoms. The Kier molecular flexibility index (Phi) is 2.37. The summed E-state index contributed by atoms with van der Waals surface area (Å²) in [4.78, 5) is 16.7. The van der Waals surface area contributed by atoms with E-state index in [4.69, 9.17) is 11.6 Å². The Morgan fingerprint density at radius 2 is 2.36 bits per heavy atom. The van der Waals surface area contributed by atoms with Crippen LogP contribution in [0.5, 0.6) is 0 Å². The number of carbonyl (C=O) groups excluding carboxylic acids is 1. The van der Waals surface area contributed by atoms with Gasteiger partial charge in [-0.05, 0) is 12.1 Å². The highest BCUT2D eigenvalue weighted by Gasteiger charge is 2.29. The molecule has 74 valence electrons. The molecule has 1 aliphatic rings. The minimum absolute atomic E-state index is 0.0656. The van der Waals surface area contributed by atoms with Crippen molar-refractivity contribution in [3.63, 3.8) is 0 Å². The van der Waals surface area contributed by atoms with Crippen LogP contribution < -0.4 is 4.90 Å². The maximum Gasteiger partial charge on any atom is 0.229 e. The molecule has 0 saturated carbocycles. The maximum atomic E-state index is 12.6. The van der Waals surface area contributed by atoms with E-state index in [9.17, 15) is 9.18 Å². The monoisotopic (exact) mass is 214 g/mol. The van der Waals surface area contributed by atoms with Crippen LogP contribution in [0, 0.1) is 5.82 Å². The lowest BCUT2D eigenvalue weighted by molar-refractivity contribution is -0.117. The highest BCUT2D eigenvalue weighted by Crippen LogP contribution is 2.22. The second-order valence-electron chi connectivity index (χ2n) is 3.14. The maximum absolute atomic E-state index is 12.6. The fraction of sp³-hybridized carbons (Fsp3) is 0.333. The van der Waals surface area contributed by atoms with Gasteiger partial charge in [0, 0.05) is 13.0 Å². The average Bonchev–Trinajstić information content (AvgIpc) is 2.47. The molecule has 1 aromatic heterocycles. The zero-order chi connectivity index (χ0) is 10.1. The van der Waals surface area contributed by atoms with E-state index in [0.717, 1.165) is 6.20 Å². The van der Waals surface area contributed by atoms with E-state index in [1.807, 2.05) is 0 Å². The quantitative estimate of drug-likeness (QED) is 0.665. The van der Waals surface area contributed by atoms with Crippen molar-refractivity contribution < 1.29 is 9.18 Å². The Morgan fingerprint density at radius 3 is 2.86 bits per heavy atom. The van der Waals surface area contributed by atoms with Crippen LogP contribution in [0.4, 0.5) is 10.2 Å². The number of hydrogen-bond donors (Lipinski definition) is 0. The van der Waals surface area contributed by atoms with Gasteiger partial charge in [-0.15, -0.1) is 11.6 Å². The number of nitrogens with zero attached hydrogens (tertiary/aromatic N) is 2. The van der Waals surface area contributed by atoms with Gasteiger partial charge >= 0.3 is 0 Å². The van der Waals surface area contributed by atoms with Crippen LogP contribution >= 0.6 is 11.6 Å². The Hall–Kier alpha value is -1.16. The average molecular weight is 215 g/mol. The molecule has 2 rings (SSSR count). The van der Waals surface area contributed by atoms with E-state index in [0.29, 0.717) is 18.8 Å². The molecule has 0 N–H and O–H groups in total. The van der Waals surface area contributed by atoms with Crippen LogP contribution in [0.25, 0.3) is 0 Å². The van der Waals surface area contributed by atoms with E-state index in [2.05, 4.69) is 4.98 Å². The van der Waals surface area contributed by atoms with Crippen LogP contribution in [0.2, 0.25) is 0 Å². The standard InChI is InChI=1S/C9H8ClFN2O/c10-6-3-9(14)13(5-6)8-2-1-7(11)4-12-8/h1-2,4,6H,3,5H2. The van der Waals surface area contributed by atoms with Gasteiger partial charge in [0.25, 0.3) is 0 Å². The van der Waals surface area contributed by atoms with Crippen LogP contribution in [0.3, 0.4) is 0 Å². The van der Waals surface area contributed by atoms with Crippen molar-refractivity contribution in [1.82, 2.24) is 4.98 Å². The second kappa shape index (κ2) is 3.53. The molecular weight excluding hydrogens is 207 g/mol. The van der Waals surface area contributed by atoms with E-state index in [1.165, 1.54) is 17.0 Å². The Morgan fingerprint density at radius 1 is 1.57 bits per heavy atom. The van der Waals surface area contributed by atoms with Gasteiger partial charge in [-0.1, -0.05) is 0 Å². The molecule has 1 aliphatic heterocycles. The Bertz CT molecular complexity index is 354. The van der Waals surface area contributed by atoms with Crippen LogP contribution in [0.15, 0.2) is 18.3 Å². The summed E-state index contributed by atoms with van der Waals surface area (Å²) in [5.74, 6) is -0.0218.